The highest BCUT2D eigenvalue weighted by atomic mass is 16.1. The van der Waals surface area contributed by atoms with Crippen molar-refractivity contribution in [1.82, 2.24) is 4.57 Å². The predicted octanol–water partition coefficient (Wildman–Crippen LogP) is 0.333. The van der Waals surface area contributed by atoms with Crippen LogP contribution in [0, 0.1) is 0 Å². The van der Waals surface area contributed by atoms with Crippen LogP contribution >= 0.6 is 0 Å². The molecule has 0 atom stereocenters. The van der Waals surface area contributed by atoms with E-state index in [1.807, 2.05) is 6.07 Å². The molecule has 1 aromatic rings. The summed E-state index contributed by atoms with van der Waals surface area (Å²) in [6.45, 7) is 0. The Labute approximate surface area is 70.8 Å². The third-order valence-corrected chi connectivity index (χ3v) is 2.47. The highest BCUT2D eigenvalue weighted by molar-refractivity contribution is 5.27. The van der Waals surface area contributed by atoms with Gasteiger partial charge in [-0.1, -0.05) is 0 Å². The molecule has 1 heterocycles. The lowest BCUT2D eigenvalue weighted by molar-refractivity contribution is 0.725. The minimum atomic E-state index is -0.187. The highest BCUT2D eigenvalue weighted by Crippen LogP contribution is 2.41. The van der Waals surface area contributed by atoms with Gasteiger partial charge in [0.1, 0.15) is 0 Å². The normalized spacial score (nSPS) is 19.2. The third kappa shape index (κ3) is 1.06. The van der Waals surface area contributed by atoms with Gasteiger partial charge < -0.3 is 10.3 Å². The van der Waals surface area contributed by atoms with Crippen LogP contribution in [0.1, 0.15) is 18.4 Å². The first-order valence-corrected chi connectivity index (χ1v) is 4.08. The summed E-state index contributed by atoms with van der Waals surface area (Å²) < 4.78 is 1.55. The molecule has 1 aliphatic carbocycles. The summed E-state index contributed by atoms with van der Waals surface area (Å²) in [5, 5.41) is 0. The second kappa shape index (κ2) is 2.20. The van der Waals surface area contributed by atoms with Gasteiger partial charge in [-0.05, 0) is 24.5 Å². The summed E-state index contributed by atoms with van der Waals surface area (Å²) in [4.78, 5) is 11.2. The smallest absolute Gasteiger partial charge is 0.250 e. The monoisotopic (exact) mass is 164 g/mol. The molecule has 64 valence electrons. The second-order valence-corrected chi connectivity index (χ2v) is 3.52. The van der Waals surface area contributed by atoms with Crippen LogP contribution in [-0.4, -0.2) is 4.57 Å². The zero-order valence-electron chi connectivity index (χ0n) is 7.08. The van der Waals surface area contributed by atoms with Crippen LogP contribution in [0.3, 0.4) is 0 Å². The standard InChI is InChI=1S/C9H12N2O/c1-11-5-2-7(6-8(11)12)9(10)3-4-9/h2,5-6H,3-4,10H2,1H3. The van der Waals surface area contributed by atoms with Crippen LogP contribution in [0.25, 0.3) is 0 Å². The molecule has 3 heteroatoms. The van der Waals surface area contributed by atoms with Crippen molar-refractivity contribution in [3.05, 3.63) is 34.2 Å². The van der Waals surface area contributed by atoms with Crippen LogP contribution in [0.5, 0.6) is 0 Å². The van der Waals surface area contributed by atoms with E-state index in [1.54, 1.807) is 23.9 Å². The second-order valence-electron chi connectivity index (χ2n) is 3.52. The number of nitrogens with two attached hydrogens (primary N) is 1. The molecule has 0 unspecified atom stereocenters. The van der Waals surface area contributed by atoms with Gasteiger partial charge in [-0.2, -0.15) is 0 Å². The number of rotatable bonds is 1. The van der Waals surface area contributed by atoms with Crippen molar-refractivity contribution < 1.29 is 0 Å². The molecule has 2 N–H and O–H groups in total. The molecule has 12 heavy (non-hydrogen) atoms. The molecule has 1 saturated carbocycles. The topological polar surface area (TPSA) is 48.0 Å². The van der Waals surface area contributed by atoms with Gasteiger partial charge in [0.15, 0.2) is 0 Å². The van der Waals surface area contributed by atoms with E-state index in [1.165, 1.54) is 0 Å². The van der Waals surface area contributed by atoms with Crippen molar-refractivity contribution in [2.24, 2.45) is 12.8 Å². The maximum absolute atomic E-state index is 11.2. The minimum Gasteiger partial charge on any atom is -0.321 e. The zero-order valence-corrected chi connectivity index (χ0v) is 7.08. The number of hydrogen-bond acceptors (Lipinski definition) is 2. The lowest BCUT2D eigenvalue weighted by atomic mass is 10.1. The van der Waals surface area contributed by atoms with Crippen molar-refractivity contribution in [2.45, 2.75) is 18.4 Å². The Hall–Kier alpha value is -1.09. The Balaban J connectivity index is 2.48. The molecule has 0 radical (unpaired) electrons. The molecule has 0 bridgehead atoms. The maximum atomic E-state index is 11.2. The van der Waals surface area contributed by atoms with Crippen molar-refractivity contribution in [1.29, 1.82) is 0 Å². The lowest BCUT2D eigenvalue weighted by Crippen LogP contribution is -2.23. The van der Waals surface area contributed by atoms with E-state index in [0.29, 0.717) is 0 Å². The summed E-state index contributed by atoms with van der Waals surface area (Å²) in [6, 6.07) is 3.56. The van der Waals surface area contributed by atoms with Crippen LogP contribution in [0.2, 0.25) is 0 Å². The Morgan fingerprint density at radius 2 is 2.25 bits per heavy atom. The summed E-state index contributed by atoms with van der Waals surface area (Å²) in [5.41, 5.74) is 6.75. The summed E-state index contributed by atoms with van der Waals surface area (Å²) in [5.74, 6) is 0. The quantitative estimate of drug-likeness (QED) is 0.650. The number of aryl methyl sites for hydroxylation is 1. The van der Waals surface area contributed by atoms with E-state index in [-0.39, 0.29) is 11.1 Å². The van der Waals surface area contributed by atoms with Gasteiger partial charge in [0.25, 0.3) is 5.56 Å². The molecule has 0 aliphatic heterocycles. The maximum Gasteiger partial charge on any atom is 0.250 e. The van der Waals surface area contributed by atoms with Crippen LogP contribution < -0.4 is 11.3 Å². The molecule has 1 aromatic heterocycles. The lowest BCUT2D eigenvalue weighted by Gasteiger charge is -2.08. The van der Waals surface area contributed by atoms with E-state index in [9.17, 15) is 4.79 Å². The van der Waals surface area contributed by atoms with Crippen LogP contribution in [-0.2, 0) is 12.6 Å². The van der Waals surface area contributed by atoms with E-state index in [0.717, 1.165) is 18.4 Å². The molecule has 1 fully saturated rings. The van der Waals surface area contributed by atoms with E-state index in [4.69, 9.17) is 5.73 Å². The van der Waals surface area contributed by atoms with E-state index >= 15 is 0 Å². The van der Waals surface area contributed by atoms with E-state index in [2.05, 4.69) is 0 Å². The van der Waals surface area contributed by atoms with Gasteiger partial charge in [-0.25, -0.2) is 0 Å². The SMILES string of the molecule is Cn1ccc(C2(N)CC2)cc1=O. The van der Waals surface area contributed by atoms with Crippen molar-refractivity contribution in [3.8, 4) is 0 Å². The Morgan fingerprint density at radius 1 is 1.58 bits per heavy atom. The average molecular weight is 164 g/mol. The largest absolute Gasteiger partial charge is 0.321 e. The number of aromatic nitrogens is 1. The van der Waals surface area contributed by atoms with Gasteiger partial charge in [0, 0.05) is 24.8 Å². The van der Waals surface area contributed by atoms with Gasteiger partial charge in [0.2, 0.25) is 0 Å². The molecular weight excluding hydrogens is 152 g/mol. The van der Waals surface area contributed by atoms with Gasteiger partial charge in [-0.3, -0.25) is 4.79 Å². The van der Waals surface area contributed by atoms with Gasteiger partial charge in [0.05, 0.1) is 0 Å². The van der Waals surface area contributed by atoms with Crippen molar-refractivity contribution in [3.63, 3.8) is 0 Å². The molecule has 3 nitrogen and oxygen atoms in total. The number of hydrogen-bond donors (Lipinski definition) is 1. The predicted molar refractivity (Wildman–Crippen MR) is 46.8 cm³/mol. The fourth-order valence-corrected chi connectivity index (χ4v) is 1.28. The fraction of sp³-hybridized carbons (Fsp3) is 0.444. The van der Waals surface area contributed by atoms with Gasteiger partial charge in [-0.15, -0.1) is 0 Å². The molecular formula is C9H12N2O. The molecule has 2 rings (SSSR count). The first-order valence-electron chi connectivity index (χ1n) is 4.08. The Bertz CT molecular complexity index is 363. The Kier molecular flexibility index (Phi) is 1.38. The van der Waals surface area contributed by atoms with E-state index < -0.39 is 0 Å². The summed E-state index contributed by atoms with van der Waals surface area (Å²) >= 11 is 0. The first kappa shape index (κ1) is 7.55. The van der Waals surface area contributed by atoms with Crippen molar-refractivity contribution in [2.75, 3.05) is 0 Å². The van der Waals surface area contributed by atoms with Crippen LogP contribution in [0.4, 0.5) is 0 Å². The summed E-state index contributed by atoms with van der Waals surface area (Å²) in [7, 11) is 1.74. The van der Waals surface area contributed by atoms with Crippen molar-refractivity contribution >= 4 is 0 Å². The molecule has 1 aliphatic rings. The number of nitrogens with zero attached hydrogens (tertiary/aromatic N) is 1. The third-order valence-electron chi connectivity index (χ3n) is 2.47. The molecule has 0 amide bonds. The van der Waals surface area contributed by atoms with Crippen LogP contribution in [0.15, 0.2) is 23.1 Å². The molecule has 0 spiro atoms. The zero-order chi connectivity index (χ0) is 8.77. The highest BCUT2D eigenvalue weighted by Gasteiger charge is 2.40. The Morgan fingerprint density at radius 3 is 2.75 bits per heavy atom. The van der Waals surface area contributed by atoms with Gasteiger partial charge >= 0.3 is 0 Å². The fourth-order valence-electron chi connectivity index (χ4n) is 1.28. The molecule has 0 aromatic carbocycles. The molecule has 0 saturated heterocycles. The first-order chi connectivity index (χ1) is 5.62. The summed E-state index contributed by atoms with van der Waals surface area (Å²) in [6.07, 6.45) is 3.77. The average Bonchev–Trinajstić information content (AvgIpc) is 2.75. The minimum absolute atomic E-state index is 0.0178. The number of pyridine rings is 1.